The fourth-order valence-electron chi connectivity index (χ4n) is 1.41. The smallest absolute Gasteiger partial charge is 0.303 e. The third-order valence-corrected chi connectivity index (χ3v) is 3.79. The first-order valence-electron chi connectivity index (χ1n) is 4.70. The number of hydrogen-bond donors (Lipinski definition) is 1. The van der Waals surface area contributed by atoms with Gasteiger partial charge in [0, 0.05) is 21.3 Å². The summed E-state index contributed by atoms with van der Waals surface area (Å²) in [6.07, 6.45) is 1.69. The number of hydrogen-bond acceptors (Lipinski definition) is 3. The number of carbonyl (C=O) groups is 2. The predicted molar refractivity (Wildman–Crippen MR) is 65.9 cm³/mol. The number of carbonyl (C=O) groups excluding carboxylic acids is 2. The highest BCUT2D eigenvalue weighted by atomic mass is 79.9. The van der Waals surface area contributed by atoms with E-state index in [0.717, 1.165) is 9.35 Å². The molecule has 3 amide bonds. The number of rotatable bonds is 2. The molecule has 1 N–H and O–H groups in total. The van der Waals surface area contributed by atoms with Crippen molar-refractivity contribution in [3.8, 4) is 0 Å². The van der Waals surface area contributed by atoms with Gasteiger partial charge in [0.05, 0.1) is 0 Å². The van der Waals surface area contributed by atoms with E-state index < -0.39 is 0 Å². The Morgan fingerprint density at radius 1 is 1.56 bits per heavy atom. The molecule has 0 aliphatic carbocycles. The standard InChI is InChI=1S/C10H9BrN2O2S/c1-2-13-9(14)8(12-10(13)15)4-7-3-6(11)5-16-7/h3-5H,2H2,1H3,(H,12,15). The van der Waals surface area contributed by atoms with Crippen LogP contribution in [0.5, 0.6) is 0 Å². The Balaban J connectivity index is 2.27. The third-order valence-electron chi connectivity index (χ3n) is 2.15. The van der Waals surface area contributed by atoms with Gasteiger partial charge in [0.15, 0.2) is 0 Å². The van der Waals surface area contributed by atoms with Crippen LogP contribution in [0.3, 0.4) is 0 Å². The molecule has 1 fully saturated rings. The molecular formula is C10H9BrN2O2S. The number of halogens is 1. The monoisotopic (exact) mass is 300 g/mol. The minimum atomic E-state index is -0.352. The number of nitrogens with zero attached hydrogens (tertiary/aromatic N) is 1. The largest absolute Gasteiger partial charge is 0.328 e. The van der Waals surface area contributed by atoms with E-state index in [1.165, 1.54) is 16.2 Å². The summed E-state index contributed by atoms with van der Waals surface area (Å²) in [4.78, 5) is 25.2. The first-order chi connectivity index (χ1) is 7.61. The number of likely N-dealkylation sites (N-methyl/N-ethyl adjacent to an activating group) is 1. The summed E-state index contributed by atoms with van der Waals surface area (Å²) in [6.45, 7) is 2.15. The van der Waals surface area contributed by atoms with Crippen molar-refractivity contribution in [3.05, 3.63) is 26.5 Å². The zero-order valence-corrected chi connectivity index (χ0v) is 10.9. The lowest BCUT2D eigenvalue weighted by atomic mass is 10.3. The Kier molecular flexibility index (Phi) is 3.11. The second-order valence-corrected chi connectivity index (χ2v) is 5.06. The summed E-state index contributed by atoms with van der Waals surface area (Å²) in [7, 11) is 0. The second-order valence-electron chi connectivity index (χ2n) is 3.20. The second kappa shape index (κ2) is 4.39. The molecule has 1 aliphatic rings. The molecule has 0 bridgehead atoms. The van der Waals surface area contributed by atoms with Gasteiger partial charge in [0.2, 0.25) is 0 Å². The van der Waals surface area contributed by atoms with Crippen LogP contribution in [-0.4, -0.2) is 23.4 Å². The van der Waals surface area contributed by atoms with Gasteiger partial charge in [-0.05, 0) is 35.0 Å². The fraction of sp³-hybridized carbons (Fsp3) is 0.200. The molecule has 0 unspecified atom stereocenters. The lowest BCUT2D eigenvalue weighted by Gasteiger charge is -2.05. The highest BCUT2D eigenvalue weighted by molar-refractivity contribution is 9.10. The van der Waals surface area contributed by atoms with Gasteiger partial charge in [-0.2, -0.15) is 0 Å². The van der Waals surface area contributed by atoms with E-state index in [9.17, 15) is 9.59 Å². The van der Waals surface area contributed by atoms with E-state index in [4.69, 9.17) is 0 Å². The molecule has 1 saturated heterocycles. The summed E-state index contributed by atoms with van der Waals surface area (Å²) < 4.78 is 0.966. The van der Waals surface area contributed by atoms with E-state index in [0.29, 0.717) is 12.2 Å². The Bertz CT molecular complexity index is 481. The molecule has 0 spiro atoms. The average molecular weight is 301 g/mol. The van der Waals surface area contributed by atoms with Crippen LogP contribution in [-0.2, 0) is 4.79 Å². The van der Waals surface area contributed by atoms with Crippen LogP contribution in [0.25, 0.3) is 6.08 Å². The molecule has 0 atom stereocenters. The third kappa shape index (κ3) is 2.03. The van der Waals surface area contributed by atoms with Gasteiger partial charge in [-0.3, -0.25) is 9.69 Å². The normalized spacial score (nSPS) is 18.4. The van der Waals surface area contributed by atoms with Gasteiger partial charge in [-0.1, -0.05) is 0 Å². The Morgan fingerprint density at radius 2 is 2.31 bits per heavy atom. The van der Waals surface area contributed by atoms with Crippen LogP contribution in [0.15, 0.2) is 21.6 Å². The summed E-state index contributed by atoms with van der Waals surface area (Å²) >= 11 is 4.84. The van der Waals surface area contributed by atoms with Crippen LogP contribution < -0.4 is 5.32 Å². The molecule has 84 valence electrons. The van der Waals surface area contributed by atoms with Gasteiger partial charge in [-0.25, -0.2) is 4.79 Å². The van der Waals surface area contributed by atoms with E-state index in [1.807, 2.05) is 11.4 Å². The predicted octanol–water partition coefficient (Wildman–Crippen LogP) is 2.42. The Labute approximate surface area is 105 Å². The van der Waals surface area contributed by atoms with Crippen LogP contribution in [0.1, 0.15) is 11.8 Å². The highest BCUT2D eigenvalue weighted by Crippen LogP contribution is 2.23. The van der Waals surface area contributed by atoms with Gasteiger partial charge < -0.3 is 5.32 Å². The number of thiophene rings is 1. The highest BCUT2D eigenvalue weighted by Gasteiger charge is 2.31. The molecule has 1 aromatic heterocycles. The number of nitrogens with one attached hydrogen (secondary N) is 1. The van der Waals surface area contributed by atoms with Gasteiger partial charge >= 0.3 is 6.03 Å². The zero-order valence-electron chi connectivity index (χ0n) is 8.49. The van der Waals surface area contributed by atoms with Crippen molar-refractivity contribution in [1.82, 2.24) is 10.2 Å². The van der Waals surface area contributed by atoms with E-state index in [-0.39, 0.29) is 11.9 Å². The fourth-order valence-corrected chi connectivity index (χ4v) is 2.78. The number of urea groups is 1. The minimum Gasteiger partial charge on any atom is -0.303 e. The van der Waals surface area contributed by atoms with Crippen molar-refractivity contribution in [3.63, 3.8) is 0 Å². The molecule has 16 heavy (non-hydrogen) atoms. The van der Waals surface area contributed by atoms with Crippen molar-refractivity contribution in [2.24, 2.45) is 0 Å². The maximum atomic E-state index is 11.7. The topological polar surface area (TPSA) is 49.4 Å². The molecule has 1 aromatic rings. The van der Waals surface area contributed by atoms with E-state index in [2.05, 4.69) is 21.2 Å². The van der Waals surface area contributed by atoms with E-state index >= 15 is 0 Å². The molecular weight excluding hydrogens is 292 g/mol. The van der Waals surface area contributed by atoms with Crippen LogP contribution >= 0.6 is 27.3 Å². The molecule has 2 heterocycles. The lowest BCUT2D eigenvalue weighted by Crippen LogP contribution is -2.30. The van der Waals surface area contributed by atoms with Crippen LogP contribution in [0, 0.1) is 0 Å². The molecule has 2 rings (SSSR count). The molecule has 0 aromatic carbocycles. The molecule has 6 heteroatoms. The molecule has 0 radical (unpaired) electrons. The maximum absolute atomic E-state index is 11.7. The van der Waals surface area contributed by atoms with Gasteiger partial charge in [-0.15, -0.1) is 11.3 Å². The molecule has 4 nitrogen and oxygen atoms in total. The average Bonchev–Trinajstić information content (AvgIpc) is 2.74. The summed E-state index contributed by atoms with van der Waals surface area (Å²) in [5.74, 6) is -0.267. The quantitative estimate of drug-likeness (QED) is 0.673. The van der Waals surface area contributed by atoms with Crippen molar-refractivity contribution in [2.75, 3.05) is 6.54 Å². The zero-order chi connectivity index (χ0) is 11.7. The molecule has 0 saturated carbocycles. The van der Waals surface area contributed by atoms with Gasteiger partial charge in [0.25, 0.3) is 5.91 Å². The lowest BCUT2D eigenvalue weighted by molar-refractivity contribution is -0.122. The number of imide groups is 1. The SMILES string of the molecule is CCN1C(=O)NC(=Cc2cc(Br)cs2)C1=O. The van der Waals surface area contributed by atoms with Crippen LogP contribution in [0.4, 0.5) is 4.79 Å². The summed E-state index contributed by atoms with van der Waals surface area (Å²) in [5, 5.41) is 4.47. The van der Waals surface area contributed by atoms with Crippen molar-refractivity contribution < 1.29 is 9.59 Å². The number of amides is 3. The Hall–Kier alpha value is -1.14. The minimum absolute atomic E-state index is 0.267. The van der Waals surface area contributed by atoms with Gasteiger partial charge in [0.1, 0.15) is 5.70 Å². The van der Waals surface area contributed by atoms with Crippen molar-refractivity contribution in [1.29, 1.82) is 0 Å². The van der Waals surface area contributed by atoms with E-state index in [1.54, 1.807) is 13.0 Å². The summed E-state index contributed by atoms with van der Waals surface area (Å²) in [5.41, 5.74) is 0.334. The summed E-state index contributed by atoms with van der Waals surface area (Å²) in [6, 6.07) is 1.54. The van der Waals surface area contributed by atoms with Crippen LogP contribution in [0.2, 0.25) is 0 Å². The first kappa shape index (κ1) is 11.3. The van der Waals surface area contributed by atoms with Crippen molar-refractivity contribution in [2.45, 2.75) is 6.92 Å². The first-order valence-corrected chi connectivity index (χ1v) is 6.37. The maximum Gasteiger partial charge on any atom is 0.328 e. The molecule has 1 aliphatic heterocycles. The van der Waals surface area contributed by atoms with Crippen molar-refractivity contribution >= 4 is 45.3 Å². The Morgan fingerprint density at radius 3 is 2.81 bits per heavy atom.